The van der Waals surface area contributed by atoms with Crippen LogP contribution >= 0.6 is 0 Å². The predicted molar refractivity (Wildman–Crippen MR) is 128 cm³/mol. The van der Waals surface area contributed by atoms with Gasteiger partial charge in [0.25, 0.3) is 0 Å². The summed E-state index contributed by atoms with van der Waals surface area (Å²) >= 11 is 0. The molecule has 0 bridgehead atoms. The maximum atomic E-state index is 11.7. The average molecular weight is 455 g/mol. The first kappa shape index (κ1) is 23.8. The van der Waals surface area contributed by atoms with Crippen molar-refractivity contribution in [3.05, 3.63) is 28.3 Å². The number of carbonyl (C=O) groups is 2. The Balaban J connectivity index is 1.89. The summed E-state index contributed by atoms with van der Waals surface area (Å²) in [4.78, 5) is 23.4. The SMILES string of the molecule is CC(C)C[C@H](c1c(O)c(C=O)c(O)c(C=O)c1O)[C@H]1CC[C@@H](C)[C@@]2(C)C1=CC[C@@H]1[C@H]2C1(C)C. The van der Waals surface area contributed by atoms with Gasteiger partial charge in [0, 0.05) is 5.56 Å². The molecule has 6 atom stereocenters. The minimum absolute atomic E-state index is 0.0493. The largest absolute Gasteiger partial charge is 0.507 e. The first-order valence-corrected chi connectivity index (χ1v) is 12.3. The number of benzene rings is 1. The third kappa shape index (κ3) is 3.25. The highest BCUT2D eigenvalue weighted by atomic mass is 16.3. The highest BCUT2D eigenvalue weighted by Crippen LogP contribution is 2.75. The number of hydrogen-bond donors (Lipinski definition) is 3. The Bertz CT molecular complexity index is 985. The molecule has 1 aromatic carbocycles. The Morgan fingerprint density at radius 2 is 1.58 bits per heavy atom. The minimum Gasteiger partial charge on any atom is -0.507 e. The summed E-state index contributed by atoms with van der Waals surface area (Å²) in [6.45, 7) is 13.7. The monoisotopic (exact) mass is 454 g/mol. The molecular weight excluding hydrogens is 416 g/mol. The van der Waals surface area contributed by atoms with Crippen LogP contribution in [0.3, 0.4) is 0 Å². The summed E-state index contributed by atoms with van der Waals surface area (Å²) in [5.74, 6) is 0.453. The van der Waals surface area contributed by atoms with E-state index in [9.17, 15) is 24.9 Å². The molecule has 180 valence electrons. The van der Waals surface area contributed by atoms with Gasteiger partial charge in [0.2, 0.25) is 0 Å². The van der Waals surface area contributed by atoms with Gasteiger partial charge >= 0.3 is 0 Å². The molecule has 2 saturated carbocycles. The van der Waals surface area contributed by atoms with Crippen molar-refractivity contribution >= 4 is 12.6 Å². The molecule has 0 aliphatic heterocycles. The fraction of sp³-hybridized carbons (Fsp3) is 0.643. The molecule has 5 nitrogen and oxygen atoms in total. The van der Waals surface area contributed by atoms with Crippen molar-refractivity contribution in [2.45, 2.75) is 73.1 Å². The van der Waals surface area contributed by atoms with Gasteiger partial charge in [-0.15, -0.1) is 0 Å². The molecule has 0 saturated heterocycles. The van der Waals surface area contributed by atoms with Crippen LogP contribution in [0.15, 0.2) is 11.6 Å². The lowest BCUT2D eigenvalue weighted by molar-refractivity contribution is 0.101. The van der Waals surface area contributed by atoms with E-state index in [2.05, 4.69) is 47.6 Å². The smallest absolute Gasteiger partial charge is 0.157 e. The van der Waals surface area contributed by atoms with E-state index in [0.29, 0.717) is 42.2 Å². The summed E-state index contributed by atoms with van der Waals surface area (Å²) < 4.78 is 0. The van der Waals surface area contributed by atoms with Crippen molar-refractivity contribution in [3.63, 3.8) is 0 Å². The van der Waals surface area contributed by atoms with Gasteiger partial charge < -0.3 is 15.3 Å². The van der Waals surface area contributed by atoms with Gasteiger partial charge in [-0.2, -0.15) is 0 Å². The highest BCUT2D eigenvalue weighted by molar-refractivity contribution is 5.95. The molecule has 3 aliphatic carbocycles. The van der Waals surface area contributed by atoms with Crippen LogP contribution in [0.25, 0.3) is 0 Å². The molecule has 0 heterocycles. The van der Waals surface area contributed by atoms with Crippen LogP contribution in [0.5, 0.6) is 17.2 Å². The Hall–Kier alpha value is -2.30. The Morgan fingerprint density at radius 3 is 2.09 bits per heavy atom. The summed E-state index contributed by atoms with van der Waals surface area (Å²) in [5, 5.41) is 32.4. The van der Waals surface area contributed by atoms with Gasteiger partial charge in [-0.1, -0.05) is 53.2 Å². The number of fused-ring (bicyclic) bond motifs is 3. The van der Waals surface area contributed by atoms with Crippen molar-refractivity contribution in [1.29, 1.82) is 0 Å². The second-order valence-electron chi connectivity index (χ2n) is 11.9. The number of phenolic OH excluding ortho intramolecular Hbond substituents is 3. The highest BCUT2D eigenvalue weighted by Gasteiger charge is 2.69. The number of hydrogen-bond acceptors (Lipinski definition) is 5. The van der Waals surface area contributed by atoms with E-state index in [1.165, 1.54) is 5.57 Å². The summed E-state index contributed by atoms with van der Waals surface area (Å²) in [7, 11) is 0. The van der Waals surface area contributed by atoms with Crippen molar-refractivity contribution in [3.8, 4) is 17.2 Å². The van der Waals surface area contributed by atoms with Crippen LogP contribution in [-0.2, 0) is 0 Å². The van der Waals surface area contributed by atoms with E-state index in [4.69, 9.17) is 0 Å². The number of rotatable bonds is 6. The first-order chi connectivity index (χ1) is 15.4. The Kier molecular flexibility index (Phi) is 5.70. The van der Waals surface area contributed by atoms with Crippen LogP contribution < -0.4 is 0 Å². The van der Waals surface area contributed by atoms with E-state index in [1.807, 2.05) is 0 Å². The molecule has 1 aromatic rings. The Morgan fingerprint density at radius 1 is 1.00 bits per heavy atom. The van der Waals surface area contributed by atoms with Gasteiger partial charge in [0.1, 0.15) is 17.2 Å². The molecular formula is C28H38O5. The van der Waals surface area contributed by atoms with Crippen molar-refractivity contribution in [2.75, 3.05) is 0 Å². The maximum Gasteiger partial charge on any atom is 0.157 e. The molecule has 33 heavy (non-hydrogen) atoms. The molecule has 0 amide bonds. The third-order valence-corrected chi connectivity index (χ3v) is 9.59. The minimum atomic E-state index is -0.663. The number of aromatic hydroxyl groups is 3. The van der Waals surface area contributed by atoms with Gasteiger partial charge in [-0.05, 0) is 72.0 Å². The second-order valence-corrected chi connectivity index (χ2v) is 11.9. The van der Waals surface area contributed by atoms with E-state index in [0.717, 1.165) is 19.3 Å². The molecule has 0 radical (unpaired) electrons. The lowest BCUT2D eigenvalue weighted by Crippen LogP contribution is -2.42. The fourth-order valence-corrected chi connectivity index (χ4v) is 7.81. The van der Waals surface area contributed by atoms with E-state index >= 15 is 0 Å². The van der Waals surface area contributed by atoms with Crippen LogP contribution in [-0.4, -0.2) is 27.9 Å². The summed E-state index contributed by atoms with van der Waals surface area (Å²) in [6, 6.07) is 0. The molecule has 0 aromatic heterocycles. The van der Waals surface area contributed by atoms with Crippen LogP contribution in [0.4, 0.5) is 0 Å². The zero-order chi connectivity index (χ0) is 24.5. The molecule has 5 heteroatoms. The lowest BCUT2D eigenvalue weighted by Gasteiger charge is -2.51. The van der Waals surface area contributed by atoms with E-state index in [1.54, 1.807) is 0 Å². The van der Waals surface area contributed by atoms with E-state index in [-0.39, 0.29) is 39.9 Å². The molecule has 4 rings (SSSR count). The molecule has 0 unspecified atom stereocenters. The quantitative estimate of drug-likeness (QED) is 0.351. The van der Waals surface area contributed by atoms with Crippen LogP contribution in [0.1, 0.15) is 99.4 Å². The summed E-state index contributed by atoms with van der Waals surface area (Å²) in [5.41, 5.74) is 1.33. The standard InChI is InChI=1S/C28H38O5/c1-14(2)11-17(22-24(32)18(12-29)23(31)19(13-30)25(22)33)16-8-7-15(3)28(6)20(16)9-10-21-26(28)27(21,4)5/h9,12-17,21,26,31-33H,7-8,10-11H2,1-6H3/t15-,16-,17+,21-,26+,28+/m1/s1. The predicted octanol–water partition coefficient (Wildman–Crippen LogP) is 6.21. The fourth-order valence-electron chi connectivity index (χ4n) is 7.81. The zero-order valence-electron chi connectivity index (χ0n) is 20.7. The van der Waals surface area contributed by atoms with Gasteiger partial charge in [0.15, 0.2) is 12.6 Å². The Labute approximate surface area is 196 Å². The van der Waals surface area contributed by atoms with Gasteiger partial charge in [-0.3, -0.25) is 9.59 Å². The molecule has 3 N–H and O–H groups in total. The third-order valence-electron chi connectivity index (χ3n) is 9.59. The second kappa shape index (κ2) is 7.89. The van der Waals surface area contributed by atoms with Gasteiger partial charge in [0.05, 0.1) is 11.1 Å². The molecule has 3 aliphatic rings. The van der Waals surface area contributed by atoms with E-state index < -0.39 is 17.2 Å². The van der Waals surface area contributed by atoms with Crippen molar-refractivity contribution < 1.29 is 24.9 Å². The molecule has 2 fully saturated rings. The van der Waals surface area contributed by atoms with Gasteiger partial charge in [-0.25, -0.2) is 0 Å². The molecule has 0 spiro atoms. The number of aldehydes is 2. The summed E-state index contributed by atoms with van der Waals surface area (Å²) in [6.07, 6.45) is 6.84. The average Bonchev–Trinajstić information content (AvgIpc) is 3.31. The lowest BCUT2D eigenvalue weighted by atomic mass is 9.53. The van der Waals surface area contributed by atoms with Crippen LogP contribution in [0.2, 0.25) is 0 Å². The van der Waals surface area contributed by atoms with Crippen molar-refractivity contribution in [1.82, 2.24) is 0 Å². The maximum absolute atomic E-state index is 11.7. The topological polar surface area (TPSA) is 94.8 Å². The first-order valence-electron chi connectivity index (χ1n) is 12.3. The zero-order valence-corrected chi connectivity index (χ0v) is 20.7. The number of carbonyl (C=O) groups excluding carboxylic acids is 2. The van der Waals surface area contributed by atoms with Crippen LogP contribution in [0, 0.1) is 40.4 Å². The number of phenols is 3. The normalized spacial score (nSPS) is 33.0. The van der Waals surface area contributed by atoms with Crippen molar-refractivity contribution in [2.24, 2.45) is 40.4 Å². The number of allylic oxidation sites excluding steroid dienone is 2.